The number of nitrogens with one attached hydrogen (secondary N) is 1. The van der Waals surface area contributed by atoms with Crippen LogP contribution in [0, 0.1) is 5.92 Å². The Morgan fingerprint density at radius 2 is 2.00 bits per heavy atom. The molecule has 1 atom stereocenters. The van der Waals surface area contributed by atoms with E-state index in [2.05, 4.69) is 5.32 Å². The summed E-state index contributed by atoms with van der Waals surface area (Å²) < 4.78 is 38.6. The highest BCUT2D eigenvalue weighted by Crippen LogP contribution is 2.32. The number of benzene rings is 1. The summed E-state index contributed by atoms with van der Waals surface area (Å²) in [6.07, 6.45) is -2.80. The third-order valence-electron chi connectivity index (χ3n) is 4.48. The number of carbonyl (C=O) groups is 1. The molecule has 1 aromatic carbocycles. The zero-order valence-corrected chi connectivity index (χ0v) is 13.5. The molecular formula is C17H23F3N2O. The maximum atomic E-state index is 12.9. The SMILES string of the molecule is CCN(C(=O)C1CCNCC1)C(C)c1cccc(C(F)(F)F)c1. The largest absolute Gasteiger partial charge is 0.416 e. The first-order valence-corrected chi connectivity index (χ1v) is 8.03. The summed E-state index contributed by atoms with van der Waals surface area (Å²) in [5.74, 6) is 0.00311. The Labute approximate surface area is 134 Å². The number of carbonyl (C=O) groups excluding carboxylic acids is 1. The van der Waals surface area contributed by atoms with E-state index in [1.165, 1.54) is 6.07 Å². The second-order valence-electron chi connectivity index (χ2n) is 5.95. The minimum Gasteiger partial charge on any atom is -0.336 e. The van der Waals surface area contributed by atoms with Crippen LogP contribution in [-0.4, -0.2) is 30.4 Å². The lowest BCUT2D eigenvalue weighted by Crippen LogP contribution is -2.42. The number of piperidine rings is 1. The Balaban J connectivity index is 2.19. The van der Waals surface area contributed by atoms with Crippen LogP contribution in [0.3, 0.4) is 0 Å². The summed E-state index contributed by atoms with van der Waals surface area (Å²) in [4.78, 5) is 14.4. The van der Waals surface area contributed by atoms with Gasteiger partial charge in [0, 0.05) is 12.5 Å². The summed E-state index contributed by atoms with van der Waals surface area (Å²) in [5, 5.41) is 3.22. The normalized spacial score (nSPS) is 17.8. The first kappa shape index (κ1) is 17.8. The third-order valence-corrected chi connectivity index (χ3v) is 4.48. The van der Waals surface area contributed by atoms with E-state index < -0.39 is 11.7 Å². The summed E-state index contributed by atoms with van der Waals surface area (Å²) >= 11 is 0. The average molecular weight is 328 g/mol. The second-order valence-corrected chi connectivity index (χ2v) is 5.95. The molecule has 0 aliphatic carbocycles. The molecule has 0 spiro atoms. The first-order chi connectivity index (χ1) is 10.8. The van der Waals surface area contributed by atoms with Gasteiger partial charge in [-0.3, -0.25) is 4.79 Å². The Morgan fingerprint density at radius 3 is 2.57 bits per heavy atom. The van der Waals surface area contributed by atoms with E-state index in [1.807, 2.05) is 6.92 Å². The zero-order chi connectivity index (χ0) is 17.0. The molecule has 0 bridgehead atoms. The lowest BCUT2D eigenvalue weighted by atomic mass is 9.95. The highest BCUT2D eigenvalue weighted by molar-refractivity contribution is 5.79. The smallest absolute Gasteiger partial charge is 0.336 e. The van der Waals surface area contributed by atoms with Gasteiger partial charge in [0.1, 0.15) is 0 Å². The lowest BCUT2D eigenvalue weighted by molar-refractivity contribution is -0.138. The molecule has 1 heterocycles. The van der Waals surface area contributed by atoms with Crippen molar-refractivity contribution in [1.29, 1.82) is 0 Å². The highest BCUT2D eigenvalue weighted by Gasteiger charge is 2.32. The molecule has 6 heteroatoms. The van der Waals surface area contributed by atoms with Crippen LogP contribution in [0.25, 0.3) is 0 Å². The Hall–Kier alpha value is -1.56. The van der Waals surface area contributed by atoms with Crippen molar-refractivity contribution in [2.45, 2.75) is 38.9 Å². The van der Waals surface area contributed by atoms with E-state index in [9.17, 15) is 18.0 Å². The van der Waals surface area contributed by atoms with Crippen LogP contribution in [-0.2, 0) is 11.0 Å². The van der Waals surface area contributed by atoms with Crippen LogP contribution in [0.15, 0.2) is 24.3 Å². The fraction of sp³-hybridized carbons (Fsp3) is 0.588. The van der Waals surface area contributed by atoms with E-state index in [0.717, 1.165) is 38.1 Å². The number of amides is 1. The third kappa shape index (κ3) is 4.25. The molecule has 23 heavy (non-hydrogen) atoms. The quantitative estimate of drug-likeness (QED) is 0.916. The molecule has 1 aromatic rings. The van der Waals surface area contributed by atoms with Crippen LogP contribution in [0.4, 0.5) is 13.2 Å². The molecule has 128 valence electrons. The predicted octanol–water partition coefficient (Wildman–Crippen LogP) is 3.61. The van der Waals surface area contributed by atoms with Crippen molar-refractivity contribution in [3.05, 3.63) is 35.4 Å². The average Bonchev–Trinajstić information content (AvgIpc) is 2.55. The van der Waals surface area contributed by atoms with Crippen LogP contribution in [0.5, 0.6) is 0 Å². The standard InChI is InChI=1S/C17H23F3N2O/c1-3-22(16(23)13-7-9-21-10-8-13)12(2)14-5-4-6-15(11-14)17(18,19)20/h4-6,11-13,21H,3,7-10H2,1-2H3. The molecule has 1 unspecified atom stereocenters. The second kappa shape index (κ2) is 7.34. The Kier molecular flexibility index (Phi) is 5.68. The molecule has 0 aromatic heterocycles. The molecule has 1 N–H and O–H groups in total. The van der Waals surface area contributed by atoms with Crippen molar-refractivity contribution in [3.8, 4) is 0 Å². The topological polar surface area (TPSA) is 32.3 Å². The monoisotopic (exact) mass is 328 g/mol. The maximum absolute atomic E-state index is 12.9. The molecule has 1 aliphatic rings. The summed E-state index contributed by atoms with van der Waals surface area (Å²) in [5.41, 5.74) is -0.156. The van der Waals surface area contributed by atoms with Gasteiger partial charge in [-0.2, -0.15) is 13.2 Å². The Morgan fingerprint density at radius 1 is 1.35 bits per heavy atom. The number of rotatable bonds is 4. The molecule has 2 rings (SSSR count). The fourth-order valence-electron chi connectivity index (χ4n) is 3.08. The zero-order valence-electron chi connectivity index (χ0n) is 13.5. The van der Waals surface area contributed by atoms with E-state index >= 15 is 0 Å². The molecule has 1 fully saturated rings. The van der Waals surface area contributed by atoms with Crippen molar-refractivity contribution in [1.82, 2.24) is 10.2 Å². The van der Waals surface area contributed by atoms with Gasteiger partial charge in [-0.25, -0.2) is 0 Å². The fourth-order valence-corrected chi connectivity index (χ4v) is 3.08. The van der Waals surface area contributed by atoms with Crippen molar-refractivity contribution in [2.75, 3.05) is 19.6 Å². The minimum absolute atomic E-state index is 0.0375. The van der Waals surface area contributed by atoms with Crippen molar-refractivity contribution >= 4 is 5.91 Å². The molecule has 1 saturated heterocycles. The number of alkyl halides is 3. The van der Waals surface area contributed by atoms with Gasteiger partial charge in [-0.1, -0.05) is 12.1 Å². The number of nitrogens with zero attached hydrogens (tertiary/aromatic N) is 1. The molecule has 0 radical (unpaired) electrons. The van der Waals surface area contributed by atoms with E-state index in [1.54, 1.807) is 17.9 Å². The van der Waals surface area contributed by atoms with Crippen molar-refractivity contribution in [3.63, 3.8) is 0 Å². The molecule has 1 aliphatic heterocycles. The number of hydrogen-bond donors (Lipinski definition) is 1. The minimum atomic E-state index is -4.37. The van der Waals surface area contributed by atoms with Crippen LogP contribution < -0.4 is 5.32 Å². The van der Waals surface area contributed by atoms with Gasteiger partial charge in [0.15, 0.2) is 0 Å². The highest BCUT2D eigenvalue weighted by atomic mass is 19.4. The van der Waals surface area contributed by atoms with Crippen LogP contribution in [0.2, 0.25) is 0 Å². The molecular weight excluding hydrogens is 305 g/mol. The maximum Gasteiger partial charge on any atom is 0.416 e. The van der Waals surface area contributed by atoms with Gasteiger partial charge in [-0.15, -0.1) is 0 Å². The van der Waals surface area contributed by atoms with Gasteiger partial charge in [0.25, 0.3) is 0 Å². The lowest BCUT2D eigenvalue weighted by Gasteiger charge is -2.33. The van der Waals surface area contributed by atoms with Crippen molar-refractivity contribution in [2.24, 2.45) is 5.92 Å². The van der Waals surface area contributed by atoms with E-state index in [4.69, 9.17) is 0 Å². The van der Waals surface area contributed by atoms with Crippen molar-refractivity contribution < 1.29 is 18.0 Å². The summed E-state index contributed by atoms with van der Waals surface area (Å²) in [6, 6.07) is 4.88. The first-order valence-electron chi connectivity index (χ1n) is 8.03. The van der Waals surface area contributed by atoms with Gasteiger partial charge >= 0.3 is 6.18 Å². The van der Waals surface area contributed by atoms with Crippen LogP contribution in [0.1, 0.15) is 43.9 Å². The number of halogens is 3. The molecule has 0 saturated carbocycles. The van der Waals surface area contributed by atoms with Gasteiger partial charge < -0.3 is 10.2 Å². The number of hydrogen-bond acceptors (Lipinski definition) is 2. The Bertz CT molecular complexity index is 539. The predicted molar refractivity (Wildman–Crippen MR) is 82.8 cm³/mol. The van der Waals surface area contributed by atoms with E-state index in [0.29, 0.717) is 12.1 Å². The van der Waals surface area contributed by atoms with Gasteiger partial charge in [0.2, 0.25) is 5.91 Å². The summed E-state index contributed by atoms with van der Waals surface area (Å²) in [6.45, 7) is 5.76. The van der Waals surface area contributed by atoms with Gasteiger partial charge in [-0.05, 0) is 57.5 Å². The van der Waals surface area contributed by atoms with E-state index in [-0.39, 0.29) is 17.9 Å². The summed E-state index contributed by atoms with van der Waals surface area (Å²) in [7, 11) is 0. The molecule has 1 amide bonds. The van der Waals surface area contributed by atoms with Gasteiger partial charge in [0.05, 0.1) is 11.6 Å². The van der Waals surface area contributed by atoms with Crippen LogP contribution >= 0.6 is 0 Å². The molecule has 3 nitrogen and oxygen atoms in total.